The van der Waals surface area contributed by atoms with Crippen LogP contribution in [0, 0.1) is 28.6 Å². The molecule has 1 unspecified atom stereocenters. The summed E-state index contributed by atoms with van der Waals surface area (Å²) in [5.74, 6) is -5.71. The summed E-state index contributed by atoms with van der Waals surface area (Å²) in [5.41, 5.74) is 8.31. The lowest BCUT2D eigenvalue weighted by Crippen LogP contribution is -2.61. The number of nitriles is 2. The number of hydrogen-bond acceptors (Lipinski definition) is 14. The van der Waals surface area contributed by atoms with Crippen molar-refractivity contribution in [3.63, 3.8) is 0 Å². The molecule has 1 aliphatic rings. The summed E-state index contributed by atoms with van der Waals surface area (Å²) in [6, 6.07) is 8.08. The van der Waals surface area contributed by atoms with Gasteiger partial charge in [0.25, 0.3) is 0 Å². The number of nitrogens with two attached hydrogens (primary N) is 1. The molecular formula is C47H65N12O12P. The zero-order valence-corrected chi connectivity index (χ0v) is 41.9. The van der Waals surface area contributed by atoms with Gasteiger partial charge in [0, 0.05) is 51.1 Å². The molecule has 1 saturated heterocycles. The molecule has 0 spiro atoms. The first-order chi connectivity index (χ1) is 34.2. The Bertz CT molecular complexity index is 2530. The zero-order valence-electron chi connectivity index (χ0n) is 41.0. The maximum absolute atomic E-state index is 14.1. The van der Waals surface area contributed by atoms with Crippen LogP contribution in [0.1, 0.15) is 107 Å². The van der Waals surface area contributed by atoms with E-state index in [4.69, 9.17) is 10.6 Å². The Morgan fingerprint density at radius 1 is 0.958 bits per heavy atom. The number of rotatable bonds is 28. The van der Waals surface area contributed by atoms with E-state index in [1.54, 1.807) is 48.4 Å². The number of amides is 6. The molecular weight excluding hydrogens is 956 g/mol. The summed E-state index contributed by atoms with van der Waals surface area (Å²) in [6.45, 7) is 6.24. The van der Waals surface area contributed by atoms with Crippen LogP contribution in [-0.4, -0.2) is 132 Å². The molecule has 6 amide bonds. The van der Waals surface area contributed by atoms with Gasteiger partial charge in [0.15, 0.2) is 0 Å². The number of nitrogens with one attached hydrogen (secondary N) is 4. The number of likely N-dealkylation sites (tertiary alicyclic amines) is 1. The predicted molar refractivity (Wildman–Crippen MR) is 258 cm³/mol. The average molecular weight is 1020 g/mol. The molecule has 1 fully saturated rings. The van der Waals surface area contributed by atoms with Gasteiger partial charge in [-0.3, -0.25) is 33.3 Å². The largest absolute Gasteiger partial charge is 0.469 e. The Morgan fingerprint density at radius 3 is 2.29 bits per heavy atom. The molecule has 3 aromatic rings. The van der Waals surface area contributed by atoms with Gasteiger partial charge in [0.1, 0.15) is 42.7 Å². The number of aryl methyl sites for hydroxylation is 1. The standard InChI is InChI=1S/C47H65N12O12P/c1-29(2)21-37(54-47(66)41-15-12-19-59(41)31(4)61)44(63)53-38(45(64)55-39(27-60)46(65)56-42(43(50)62)30(3)71-72(67,68)69)22-34-25-51-28-58(34)18-10-6-7-11-20-70-52-26-33-16-17-40(57(33)5)36(24-49)35-14-9-8-13-32(35)23-48/h8-9,13-14,16-17,25-26,28-30,36-39,41-42,60H,6-7,10-12,15,18-22,27H2,1-5H3,(H2,50,62)(H,53,63)(H,54,66)(H,55,64)(H,56,65)(H2,67,68,69)/b52-26-/t30-,36?,37+,38+,39+,41+,42+/m1/s1. The molecule has 2 aromatic heterocycles. The van der Waals surface area contributed by atoms with Crippen molar-refractivity contribution in [1.29, 1.82) is 10.5 Å². The molecule has 9 N–H and O–H groups in total. The van der Waals surface area contributed by atoms with Crippen LogP contribution in [-0.2, 0) is 62.7 Å². The first kappa shape index (κ1) is 57.6. The molecule has 24 nitrogen and oxygen atoms in total. The van der Waals surface area contributed by atoms with Crippen LogP contribution in [0.25, 0.3) is 0 Å². The van der Waals surface area contributed by atoms with Gasteiger partial charge in [-0.15, -0.1) is 0 Å². The van der Waals surface area contributed by atoms with Crippen molar-refractivity contribution in [2.45, 2.75) is 128 Å². The fourth-order valence-corrected chi connectivity index (χ4v) is 8.82. The highest BCUT2D eigenvalue weighted by atomic mass is 31.2. The summed E-state index contributed by atoms with van der Waals surface area (Å²) in [4.78, 5) is 109. The average Bonchev–Trinajstić information content (AvgIpc) is 4.09. The third-order valence-electron chi connectivity index (χ3n) is 12.0. The van der Waals surface area contributed by atoms with Crippen molar-refractivity contribution >= 4 is 49.5 Å². The Morgan fingerprint density at radius 2 is 1.64 bits per heavy atom. The highest BCUT2D eigenvalue weighted by molar-refractivity contribution is 7.46. The number of phosphoric ester groups is 1. The van der Waals surface area contributed by atoms with Crippen LogP contribution in [0.15, 0.2) is 54.1 Å². The molecule has 0 bridgehead atoms. The molecule has 0 saturated carbocycles. The first-order valence-electron chi connectivity index (χ1n) is 23.5. The lowest BCUT2D eigenvalue weighted by atomic mass is 9.93. The van der Waals surface area contributed by atoms with Crippen molar-refractivity contribution in [2.75, 3.05) is 19.8 Å². The van der Waals surface area contributed by atoms with Crippen LogP contribution in [0.5, 0.6) is 0 Å². The number of unbranched alkanes of at least 4 members (excludes halogenated alkanes) is 3. The summed E-state index contributed by atoms with van der Waals surface area (Å²) in [5, 5.41) is 43.8. The summed E-state index contributed by atoms with van der Waals surface area (Å²) >= 11 is 0. The lowest BCUT2D eigenvalue weighted by Gasteiger charge is -2.28. The fraction of sp³-hybridized carbons (Fsp3) is 0.532. The highest BCUT2D eigenvalue weighted by Gasteiger charge is 2.37. The Balaban J connectivity index is 1.41. The van der Waals surface area contributed by atoms with Crippen molar-refractivity contribution in [3.05, 3.63) is 77.1 Å². The van der Waals surface area contributed by atoms with E-state index in [1.807, 2.05) is 30.5 Å². The van der Waals surface area contributed by atoms with E-state index in [9.17, 15) is 58.7 Å². The summed E-state index contributed by atoms with van der Waals surface area (Å²) < 4.78 is 19.5. The van der Waals surface area contributed by atoms with E-state index in [0.29, 0.717) is 73.6 Å². The number of carbonyl (C=O) groups is 6. The van der Waals surface area contributed by atoms with Gasteiger partial charge in [-0.05, 0) is 75.1 Å². The van der Waals surface area contributed by atoms with Crippen molar-refractivity contribution in [1.82, 2.24) is 40.3 Å². The Kier molecular flexibility index (Phi) is 22.1. The molecule has 0 radical (unpaired) electrons. The number of carbonyl (C=O) groups excluding carboxylic acids is 6. The minimum absolute atomic E-state index is 0.118. The maximum Gasteiger partial charge on any atom is 0.469 e. The number of benzene rings is 1. The minimum Gasteiger partial charge on any atom is -0.396 e. The van der Waals surface area contributed by atoms with Crippen LogP contribution in [0.4, 0.5) is 0 Å². The summed E-state index contributed by atoms with van der Waals surface area (Å²) in [6.07, 6.45) is 6.83. The molecule has 72 heavy (non-hydrogen) atoms. The smallest absolute Gasteiger partial charge is 0.396 e. The predicted octanol–water partition coefficient (Wildman–Crippen LogP) is 0.874. The van der Waals surface area contributed by atoms with Crippen LogP contribution < -0.4 is 27.0 Å². The van der Waals surface area contributed by atoms with E-state index >= 15 is 0 Å². The SMILES string of the molecule is CC(=O)N1CCC[C@H]1C(=O)N[C@@H](CC(C)C)C(=O)N[C@@H](Cc1cncn1CCCCCCO/N=C\c1ccc(C(C#N)c2ccccc2C#N)n1C)C(=O)N[C@@H](CO)C(=O)N[C@H](C(N)=O)[C@@H](C)OP(=O)(O)O. The van der Waals surface area contributed by atoms with E-state index < -0.39 is 86.2 Å². The van der Waals surface area contributed by atoms with Gasteiger partial charge < -0.3 is 60.8 Å². The molecule has 1 aromatic carbocycles. The zero-order chi connectivity index (χ0) is 53.1. The van der Waals surface area contributed by atoms with Gasteiger partial charge in [-0.25, -0.2) is 9.55 Å². The van der Waals surface area contributed by atoms with Crippen LogP contribution in [0.2, 0.25) is 0 Å². The number of hydrogen-bond donors (Lipinski definition) is 8. The molecule has 25 heteroatoms. The molecule has 7 atom stereocenters. The second kappa shape index (κ2) is 27.6. The number of oxime groups is 1. The second-order valence-corrected chi connectivity index (χ2v) is 19.0. The van der Waals surface area contributed by atoms with Crippen LogP contribution >= 0.6 is 7.82 Å². The number of primary amides is 1. The van der Waals surface area contributed by atoms with Gasteiger partial charge >= 0.3 is 7.82 Å². The number of aliphatic hydroxyl groups excluding tert-OH is 1. The molecule has 0 aliphatic carbocycles. The quantitative estimate of drug-likeness (QED) is 0.0217. The molecule has 390 valence electrons. The molecule has 3 heterocycles. The molecule has 1 aliphatic heterocycles. The normalized spacial score (nSPS) is 16.2. The van der Waals surface area contributed by atoms with Gasteiger partial charge in [-0.2, -0.15) is 10.5 Å². The molecule has 4 rings (SSSR count). The minimum atomic E-state index is -5.14. The maximum atomic E-state index is 14.1. The second-order valence-electron chi connectivity index (χ2n) is 17.8. The van der Waals surface area contributed by atoms with Crippen molar-refractivity contribution in [3.8, 4) is 12.1 Å². The van der Waals surface area contributed by atoms with Gasteiger partial charge in [-0.1, -0.05) is 43.6 Å². The number of nitrogens with zero attached hydrogens (tertiary/aromatic N) is 7. The first-order valence-corrected chi connectivity index (χ1v) is 25.0. The van der Waals surface area contributed by atoms with Crippen molar-refractivity contribution in [2.24, 2.45) is 23.9 Å². The van der Waals surface area contributed by atoms with Gasteiger partial charge in [0.05, 0.1) is 48.6 Å². The third-order valence-corrected chi connectivity index (χ3v) is 12.6. The van der Waals surface area contributed by atoms with Gasteiger partial charge in [0.2, 0.25) is 35.4 Å². The summed E-state index contributed by atoms with van der Waals surface area (Å²) in [7, 11) is -3.34. The van der Waals surface area contributed by atoms with Crippen LogP contribution in [0.3, 0.4) is 0 Å². The Hall–Kier alpha value is -6.95. The lowest BCUT2D eigenvalue weighted by molar-refractivity contribution is -0.139. The third kappa shape index (κ3) is 16.8. The Labute approximate surface area is 417 Å². The number of imidazole rings is 1. The topological polar surface area (TPSA) is 359 Å². The van der Waals surface area contributed by atoms with E-state index in [1.165, 1.54) is 18.0 Å². The van der Waals surface area contributed by atoms with E-state index in [-0.39, 0.29) is 24.7 Å². The number of aromatic nitrogens is 3. The monoisotopic (exact) mass is 1020 g/mol. The highest BCUT2D eigenvalue weighted by Crippen LogP contribution is 2.38. The fourth-order valence-electron chi connectivity index (χ4n) is 8.27. The number of phosphoric acid groups is 1. The van der Waals surface area contributed by atoms with Crippen molar-refractivity contribution < 1.29 is 57.6 Å². The number of aliphatic hydroxyl groups is 1. The van der Waals surface area contributed by atoms with E-state index in [2.05, 4.69) is 48.1 Å². The van der Waals surface area contributed by atoms with E-state index in [0.717, 1.165) is 19.8 Å².